The highest BCUT2D eigenvalue weighted by molar-refractivity contribution is 5.79. The lowest BCUT2D eigenvalue weighted by atomic mass is 9.83. The zero-order valence-electron chi connectivity index (χ0n) is 15.4. The Morgan fingerprint density at radius 3 is 2.69 bits per heavy atom. The van der Waals surface area contributed by atoms with Crippen molar-refractivity contribution in [1.82, 2.24) is 9.88 Å². The van der Waals surface area contributed by atoms with Gasteiger partial charge >= 0.3 is 0 Å². The van der Waals surface area contributed by atoms with E-state index in [4.69, 9.17) is 9.72 Å². The largest absolute Gasteiger partial charge is 0.496 e. The zero-order valence-corrected chi connectivity index (χ0v) is 15.4. The molecule has 2 aliphatic rings. The van der Waals surface area contributed by atoms with Gasteiger partial charge in [-0.1, -0.05) is 24.6 Å². The molecule has 4 nitrogen and oxygen atoms in total. The molecule has 4 heteroatoms. The summed E-state index contributed by atoms with van der Waals surface area (Å²) in [5.74, 6) is 1.80. The fraction of sp³-hybridized carbons (Fsp3) is 0.455. The van der Waals surface area contributed by atoms with Crippen molar-refractivity contribution in [3.8, 4) is 17.0 Å². The van der Waals surface area contributed by atoms with Crippen molar-refractivity contribution in [2.45, 2.75) is 38.0 Å². The van der Waals surface area contributed by atoms with Crippen molar-refractivity contribution in [3.63, 3.8) is 0 Å². The molecule has 4 rings (SSSR count). The van der Waals surface area contributed by atoms with E-state index in [0.717, 1.165) is 61.5 Å². The maximum atomic E-state index is 12.6. The Morgan fingerprint density at radius 2 is 1.92 bits per heavy atom. The van der Waals surface area contributed by atoms with E-state index in [0.29, 0.717) is 11.8 Å². The van der Waals surface area contributed by atoms with Gasteiger partial charge in [-0.2, -0.15) is 0 Å². The standard InChI is InChI=1S/C22H26N2O2/c1-26-21-13-3-2-10-18(21)20-12-5-11-19(23-20)17-9-6-14-24(15-17)22(25)16-7-4-8-16/h2-3,5,10-13,16-17H,4,6-9,14-15H2,1H3. The molecule has 0 bridgehead atoms. The Bertz CT molecular complexity index is 785. The van der Waals surface area contributed by atoms with Crippen molar-refractivity contribution in [2.75, 3.05) is 20.2 Å². The monoisotopic (exact) mass is 350 g/mol. The molecule has 0 radical (unpaired) electrons. The van der Waals surface area contributed by atoms with Crippen molar-refractivity contribution in [3.05, 3.63) is 48.2 Å². The number of rotatable bonds is 4. The summed E-state index contributed by atoms with van der Waals surface area (Å²) in [4.78, 5) is 19.6. The number of carbonyl (C=O) groups excluding carboxylic acids is 1. The third-order valence-electron chi connectivity index (χ3n) is 5.76. The van der Waals surface area contributed by atoms with Gasteiger partial charge in [-0.15, -0.1) is 0 Å². The molecule has 1 unspecified atom stereocenters. The van der Waals surface area contributed by atoms with Gasteiger partial charge in [-0.25, -0.2) is 0 Å². The van der Waals surface area contributed by atoms with Crippen LogP contribution in [0.2, 0.25) is 0 Å². The van der Waals surface area contributed by atoms with Crippen LogP contribution in [-0.4, -0.2) is 36.0 Å². The SMILES string of the molecule is COc1ccccc1-c1cccc(C2CCCN(C(=O)C3CCC3)C2)n1. The fourth-order valence-corrected chi connectivity index (χ4v) is 4.02. The van der Waals surface area contributed by atoms with Crippen LogP contribution in [0, 0.1) is 5.92 Å². The molecule has 0 spiro atoms. The molecule has 0 N–H and O–H groups in total. The van der Waals surface area contributed by atoms with Crippen LogP contribution in [0.3, 0.4) is 0 Å². The molecule has 1 aromatic carbocycles. The van der Waals surface area contributed by atoms with Gasteiger partial charge < -0.3 is 9.64 Å². The fourth-order valence-electron chi connectivity index (χ4n) is 4.02. The molecule has 2 fully saturated rings. The molecule has 1 saturated carbocycles. The molecule has 1 amide bonds. The molecular weight excluding hydrogens is 324 g/mol. The van der Waals surface area contributed by atoms with Crippen LogP contribution in [0.4, 0.5) is 0 Å². The van der Waals surface area contributed by atoms with E-state index in [1.165, 1.54) is 6.42 Å². The molecule has 2 heterocycles. The number of methoxy groups -OCH3 is 1. The van der Waals surface area contributed by atoms with Gasteiger partial charge in [0.1, 0.15) is 5.75 Å². The predicted molar refractivity (Wildman–Crippen MR) is 102 cm³/mol. The van der Waals surface area contributed by atoms with Crippen molar-refractivity contribution in [1.29, 1.82) is 0 Å². The first kappa shape index (κ1) is 17.1. The summed E-state index contributed by atoms with van der Waals surface area (Å²) in [7, 11) is 1.69. The van der Waals surface area contributed by atoms with Gasteiger partial charge in [-0.3, -0.25) is 9.78 Å². The van der Waals surface area contributed by atoms with Crippen LogP contribution in [-0.2, 0) is 4.79 Å². The number of hydrogen-bond donors (Lipinski definition) is 0. The maximum absolute atomic E-state index is 12.6. The third kappa shape index (κ3) is 3.33. The van der Waals surface area contributed by atoms with E-state index >= 15 is 0 Å². The Labute approximate surface area is 155 Å². The number of benzene rings is 1. The summed E-state index contributed by atoms with van der Waals surface area (Å²) in [6, 6.07) is 14.2. The molecular formula is C22H26N2O2. The topological polar surface area (TPSA) is 42.4 Å². The van der Waals surface area contributed by atoms with Crippen molar-refractivity contribution in [2.24, 2.45) is 5.92 Å². The minimum atomic E-state index is 0.279. The Morgan fingerprint density at radius 1 is 1.08 bits per heavy atom. The molecule has 2 aromatic rings. The van der Waals surface area contributed by atoms with E-state index in [1.54, 1.807) is 7.11 Å². The summed E-state index contributed by atoms with van der Waals surface area (Å²) in [5, 5.41) is 0. The smallest absolute Gasteiger partial charge is 0.225 e. The molecule has 1 atom stereocenters. The van der Waals surface area contributed by atoms with Gasteiger partial charge in [0, 0.05) is 36.2 Å². The maximum Gasteiger partial charge on any atom is 0.225 e. The highest BCUT2D eigenvalue weighted by Crippen LogP contribution is 2.33. The lowest BCUT2D eigenvalue weighted by molar-refractivity contribution is -0.139. The predicted octanol–water partition coefficient (Wildman–Crippen LogP) is 4.26. The number of hydrogen-bond acceptors (Lipinski definition) is 3. The lowest BCUT2D eigenvalue weighted by Gasteiger charge is -2.37. The first-order chi connectivity index (χ1) is 12.8. The summed E-state index contributed by atoms with van der Waals surface area (Å²) in [5.41, 5.74) is 3.02. The second kappa shape index (κ2) is 7.48. The number of carbonyl (C=O) groups is 1. The van der Waals surface area contributed by atoms with Crippen LogP contribution in [0.15, 0.2) is 42.5 Å². The Hall–Kier alpha value is -2.36. The Balaban J connectivity index is 1.55. The number of pyridine rings is 1. The van der Waals surface area contributed by atoms with Crippen LogP contribution < -0.4 is 4.74 Å². The minimum Gasteiger partial charge on any atom is -0.496 e. The van der Waals surface area contributed by atoms with Crippen molar-refractivity contribution < 1.29 is 9.53 Å². The number of nitrogens with zero attached hydrogens (tertiary/aromatic N) is 2. The van der Waals surface area contributed by atoms with Gasteiger partial charge in [-0.05, 0) is 49.9 Å². The highest BCUT2D eigenvalue weighted by atomic mass is 16.5. The summed E-state index contributed by atoms with van der Waals surface area (Å²) < 4.78 is 5.49. The Kier molecular flexibility index (Phi) is 4.91. The number of para-hydroxylation sites is 1. The number of piperidine rings is 1. The van der Waals surface area contributed by atoms with Crippen LogP contribution in [0.1, 0.15) is 43.7 Å². The second-order valence-electron chi connectivity index (χ2n) is 7.40. The summed E-state index contributed by atoms with van der Waals surface area (Å²) in [6.45, 7) is 1.70. The molecule has 136 valence electrons. The highest BCUT2D eigenvalue weighted by Gasteiger charge is 2.32. The minimum absolute atomic E-state index is 0.279. The van der Waals surface area contributed by atoms with Crippen LogP contribution >= 0.6 is 0 Å². The van der Waals surface area contributed by atoms with Crippen LogP contribution in [0.25, 0.3) is 11.3 Å². The number of amides is 1. The van der Waals surface area contributed by atoms with Crippen molar-refractivity contribution >= 4 is 5.91 Å². The lowest BCUT2D eigenvalue weighted by Crippen LogP contribution is -2.44. The van der Waals surface area contributed by atoms with Gasteiger partial charge in [0.25, 0.3) is 0 Å². The van der Waals surface area contributed by atoms with Gasteiger partial charge in [0.15, 0.2) is 0 Å². The molecule has 1 aromatic heterocycles. The van der Waals surface area contributed by atoms with E-state index in [2.05, 4.69) is 17.0 Å². The number of likely N-dealkylation sites (tertiary alicyclic amines) is 1. The first-order valence-electron chi connectivity index (χ1n) is 9.65. The van der Waals surface area contributed by atoms with E-state index in [-0.39, 0.29) is 5.92 Å². The molecule has 1 aliphatic heterocycles. The average Bonchev–Trinajstić information content (AvgIpc) is 2.67. The zero-order chi connectivity index (χ0) is 17.9. The number of ether oxygens (including phenoxy) is 1. The normalized spacial score (nSPS) is 20.5. The van der Waals surface area contributed by atoms with Gasteiger partial charge in [0.2, 0.25) is 5.91 Å². The van der Waals surface area contributed by atoms with E-state index < -0.39 is 0 Å². The average molecular weight is 350 g/mol. The molecule has 1 aliphatic carbocycles. The number of aromatic nitrogens is 1. The summed E-state index contributed by atoms with van der Waals surface area (Å²) >= 11 is 0. The van der Waals surface area contributed by atoms with Crippen LogP contribution in [0.5, 0.6) is 5.75 Å². The van der Waals surface area contributed by atoms with E-state index in [1.807, 2.05) is 30.3 Å². The second-order valence-corrected chi connectivity index (χ2v) is 7.40. The van der Waals surface area contributed by atoms with Gasteiger partial charge in [0.05, 0.1) is 12.8 Å². The third-order valence-corrected chi connectivity index (χ3v) is 5.76. The molecule has 1 saturated heterocycles. The first-order valence-corrected chi connectivity index (χ1v) is 9.65. The quantitative estimate of drug-likeness (QED) is 0.827. The van der Waals surface area contributed by atoms with E-state index in [9.17, 15) is 4.79 Å². The summed E-state index contributed by atoms with van der Waals surface area (Å²) in [6.07, 6.45) is 5.50. The molecule has 26 heavy (non-hydrogen) atoms.